The zero-order valence-electron chi connectivity index (χ0n) is 11.1. The van der Waals surface area contributed by atoms with Crippen LogP contribution in [0.25, 0.3) is 0 Å². The maximum absolute atomic E-state index is 12.9. The molecule has 0 atom stereocenters. The zero-order chi connectivity index (χ0) is 14.9. The lowest BCUT2D eigenvalue weighted by Crippen LogP contribution is -2.33. The van der Waals surface area contributed by atoms with Crippen LogP contribution in [0.15, 0.2) is 40.7 Å². The molecule has 0 spiro atoms. The fraction of sp³-hybridized carbons (Fsp3) is 0.286. The van der Waals surface area contributed by atoms with Gasteiger partial charge < -0.3 is 0 Å². The minimum atomic E-state index is -3.68. The fourth-order valence-electron chi connectivity index (χ4n) is 2.15. The maximum atomic E-state index is 12.9. The lowest BCUT2D eigenvalue weighted by atomic mass is 10.2. The third-order valence-corrected chi connectivity index (χ3v) is 6.04. The minimum absolute atomic E-state index is 0.0191. The number of hydrogen-bond donors (Lipinski definition) is 0. The second-order valence-electron chi connectivity index (χ2n) is 4.82. The normalized spacial score (nSPS) is 15.0. The molecule has 5 nitrogen and oxygen atoms in total. The van der Waals surface area contributed by atoms with Gasteiger partial charge in [0.05, 0.1) is 17.0 Å². The second-order valence-corrected chi connectivity index (χ2v) is 7.65. The van der Waals surface area contributed by atoms with E-state index in [-0.39, 0.29) is 23.0 Å². The Hall–Kier alpha value is -1.75. The molecule has 1 aliphatic rings. The maximum Gasteiger partial charge on any atom is 0.245 e. The Bertz CT molecular complexity index is 775. The predicted octanol–water partition coefficient (Wildman–Crippen LogP) is 2.37. The van der Waals surface area contributed by atoms with Crippen LogP contribution in [0.5, 0.6) is 0 Å². The molecule has 1 aliphatic carbocycles. The molecule has 108 valence electrons. The number of nitriles is 1. The van der Waals surface area contributed by atoms with Gasteiger partial charge in [0.15, 0.2) is 0 Å². The van der Waals surface area contributed by atoms with E-state index in [4.69, 9.17) is 5.26 Å². The van der Waals surface area contributed by atoms with Crippen molar-refractivity contribution >= 4 is 21.4 Å². The van der Waals surface area contributed by atoms with E-state index in [1.165, 1.54) is 27.8 Å². The fourth-order valence-corrected chi connectivity index (χ4v) is 4.63. The molecule has 3 rings (SSSR count). The van der Waals surface area contributed by atoms with Crippen molar-refractivity contribution in [2.45, 2.75) is 30.3 Å². The summed E-state index contributed by atoms with van der Waals surface area (Å²) in [5.74, 6) is 0. The lowest BCUT2D eigenvalue weighted by Gasteiger charge is -2.21. The highest BCUT2D eigenvalue weighted by atomic mass is 32.2. The topological polar surface area (TPSA) is 74.1 Å². The highest BCUT2D eigenvalue weighted by Gasteiger charge is 2.39. The summed E-state index contributed by atoms with van der Waals surface area (Å²) in [5, 5.41) is 11.7. The van der Waals surface area contributed by atoms with Crippen LogP contribution in [0.4, 0.5) is 0 Å². The average Bonchev–Trinajstić information content (AvgIpc) is 3.20. The molecule has 1 saturated carbocycles. The van der Waals surface area contributed by atoms with Gasteiger partial charge >= 0.3 is 0 Å². The highest BCUT2D eigenvalue weighted by Crippen LogP contribution is 2.34. The quantitative estimate of drug-likeness (QED) is 0.848. The third-order valence-electron chi connectivity index (χ3n) is 3.32. The third kappa shape index (κ3) is 2.83. The van der Waals surface area contributed by atoms with Crippen LogP contribution in [-0.2, 0) is 16.6 Å². The minimum Gasteiger partial charge on any atom is -0.248 e. The van der Waals surface area contributed by atoms with E-state index in [0.29, 0.717) is 0 Å². The van der Waals surface area contributed by atoms with Crippen molar-refractivity contribution < 1.29 is 8.42 Å². The van der Waals surface area contributed by atoms with Gasteiger partial charge in [-0.3, -0.25) is 0 Å². The van der Waals surface area contributed by atoms with Crippen LogP contribution < -0.4 is 0 Å². The van der Waals surface area contributed by atoms with Crippen molar-refractivity contribution in [3.63, 3.8) is 0 Å². The first-order valence-electron chi connectivity index (χ1n) is 6.52. The van der Waals surface area contributed by atoms with Crippen LogP contribution in [0.1, 0.15) is 23.4 Å². The molecule has 7 heteroatoms. The standard InChI is InChI=1S/C14H13N3O2S2/c15-9-11-3-1-2-4-13(11)21(18,19)17(12-5-6-12)10-14-16-7-8-20-14/h1-4,7-8,12H,5-6,10H2. The van der Waals surface area contributed by atoms with Gasteiger partial charge in [-0.2, -0.15) is 9.57 Å². The van der Waals surface area contributed by atoms with E-state index in [2.05, 4.69) is 4.98 Å². The van der Waals surface area contributed by atoms with Gasteiger partial charge in [-0.1, -0.05) is 12.1 Å². The molecule has 0 amide bonds. The summed E-state index contributed by atoms with van der Waals surface area (Å²) in [6, 6.07) is 8.30. The molecular weight excluding hydrogens is 306 g/mol. The number of sulfonamides is 1. The first kappa shape index (κ1) is 14.2. The summed E-state index contributed by atoms with van der Waals surface area (Å²) in [5.41, 5.74) is 0.183. The molecule has 0 radical (unpaired) electrons. The van der Waals surface area contributed by atoms with Crippen molar-refractivity contribution in [1.29, 1.82) is 5.26 Å². The summed E-state index contributed by atoms with van der Waals surface area (Å²) >= 11 is 1.44. The monoisotopic (exact) mass is 319 g/mol. The van der Waals surface area contributed by atoms with Crippen LogP contribution in [-0.4, -0.2) is 23.7 Å². The second kappa shape index (κ2) is 5.56. The molecule has 0 unspecified atom stereocenters. The zero-order valence-corrected chi connectivity index (χ0v) is 12.8. The lowest BCUT2D eigenvalue weighted by molar-refractivity contribution is 0.398. The molecule has 21 heavy (non-hydrogen) atoms. The first-order chi connectivity index (χ1) is 10.1. The van der Waals surface area contributed by atoms with Crippen molar-refractivity contribution in [3.05, 3.63) is 46.4 Å². The van der Waals surface area contributed by atoms with Crippen LogP contribution in [0.2, 0.25) is 0 Å². The SMILES string of the molecule is N#Cc1ccccc1S(=O)(=O)N(Cc1nccs1)C1CC1. The summed E-state index contributed by atoms with van der Waals surface area (Å²) in [6.45, 7) is 0.268. The van der Waals surface area contributed by atoms with Gasteiger partial charge in [0.1, 0.15) is 11.1 Å². The predicted molar refractivity (Wildman–Crippen MR) is 79.0 cm³/mol. The number of thiazole rings is 1. The Balaban J connectivity index is 2.00. The van der Waals surface area contributed by atoms with Gasteiger partial charge in [-0.25, -0.2) is 13.4 Å². The van der Waals surface area contributed by atoms with E-state index in [0.717, 1.165) is 17.8 Å². The van der Waals surface area contributed by atoms with Crippen LogP contribution >= 0.6 is 11.3 Å². The average molecular weight is 319 g/mol. The molecule has 1 aromatic heterocycles. The molecule has 0 saturated heterocycles. The van der Waals surface area contributed by atoms with E-state index in [9.17, 15) is 8.42 Å². The molecule has 2 aromatic rings. The molecule has 0 N–H and O–H groups in total. The largest absolute Gasteiger partial charge is 0.248 e. The molecule has 1 aromatic carbocycles. The van der Waals surface area contributed by atoms with E-state index in [1.54, 1.807) is 18.3 Å². The number of hydrogen-bond acceptors (Lipinski definition) is 5. The van der Waals surface area contributed by atoms with Gasteiger partial charge in [0, 0.05) is 17.6 Å². The Labute approximate surface area is 127 Å². The first-order valence-corrected chi connectivity index (χ1v) is 8.84. The van der Waals surface area contributed by atoms with Crippen molar-refractivity contribution in [3.8, 4) is 6.07 Å². The Kier molecular flexibility index (Phi) is 3.76. The molecule has 0 bridgehead atoms. The number of rotatable bonds is 5. The summed E-state index contributed by atoms with van der Waals surface area (Å²) < 4.78 is 27.2. The molecule has 0 aliphatic heterocycles. The smallest absolute Gasteiger partial charge is 0.245 e. The van der Waals surface area contributed by atoms with Gasteiger partial charge in [0.25, 0.3) is 0 Å². The van der Waals surface area contributed by atoms with Crippen molar-refractivity contribution in [1.82, 2.24) is 9.29 Å². The van der Waals surface area contributed by atoms with Crippen LogP contribution in [0.3, 0.4) is 0 Å². The van der Waals surface area contributed by atoms with Crippen molar-refractivity contribution in [2.24, 2.45) is 0 Å². The number of nitrogens with zero attached hydrogens (tertiary/aromatic N) is 3. The van der Waals surface area contributed by atoms with E-state index in [1.807, 2.05) is 11.4 Å². The summed E-state index contributed by atoms with van der Waals surface area (Å²) in [7, 11) is -3.68. The molecular formula is C14H13N3O2S2. The summed E-state index contributed by atoms with van der Waals surface area (Å²) in [6.07, 6.45) is 3.39. The Morgan fingerprint density at radius 2 is 2.14 bits per heavy atom. The van der Waals surface area contributed by atoms with E-state index >= 15 is 0 Å². The van der Waals surface area contributed by atoms with Gasteiger partial charge in [-0.05, 0) is 25.0 Å². The van der Waals surface area contributed by atoms with Gasteiger partial charge in [-0.15, -0.1) is 11.3 Å². The van der Waals surface area contributed by atoms with Crippen molar-refractivity contribution in [2.75, 3.05) is 0 Å². The molecule has 1 heterocycles. The van der Waals surface area contributed by atoms with E-state index < -0.39 is 10.0 Å². The Morgan fingerprint density at radius 3 is 2.76 bits per heavy atom. The summed E-state index contributed by atoms with van der Waals surface area (Å²) in [4.78, 5) is 4.24. The number of benzene rings is 1. The van der Waals surface area contributed by atoms with Gasteiger partial charge in [0.2, 0.25) is 10.0 Å². The Morgan fingerprint density at radius 1 is 1.38 bits per heavy atom. The highest BCUT2D eigenvalue weighted by molar-refractivity contribution is 7.89. The number of aromatic nitrogens is 1. The molecule has 1 fully saturated rings. The van der Waals surface area contributed by atoms with Crippen LogP contribution in [0, 0.1) is 11.3 Å².